The number of nitrogens with one attached hydrogen (secondary N) is 1. The topological polar surface area (TPSA) is 75.3 Å². The van der Waals surface area contributed by atoms with Crippen molar-refractivity contribution in [1.29, 1.82) is 0 Å². The van der Waals surface area contributed by atoms with Crippen molar-refractivity contribution in [1.82, 2.24) is 0 Å². The van der Waals surface area contributed by atoms with Gasteiger partial charge in [0.25, 0.3) is 0 Å². The van der Waals surface area contributed by atoms with Crippen LogP contribution < -0.4 is 19.7 Å². The number of hydrogen-bond acceptors (Lipinski definition) is 7. The van der Waals surface area contributed by atoms with E-state index in [2.05, 4.69) is 11.5 Å². The molecule has 0 unspecified atom stereocenters. The maximum Gasteiger partial charge on any atom is 0.330 e. The van der Waals surface area contributed by atoms with Crippen LogP contribution in [0.5, 0.6) is 17.2 Å². The molecule has 0 saturated heterocycles. The summed E-state index contributed by atoms with van der Waals surface area (Å²) < 4.78 is 21.7. The van der Waals surface area contributed by atoms with Crippen molar-refractivity contribution in [3.8, 4) is 17.2 Å². The van der Waals surface area contributed by atoms with E-state index < -0.39 is 12.1 Å². The summed E-state index contributed by atoms with van der Waals surface area (Å²) in [5.41, 5.74) is 4.82. The average molecular weight is 502 g/mol. The zero-order valence-corrected chi connectivity index (χ0v) is 21.4. The van der Waals surface area contributed by atoms with Crippen LogP contribution in [0.1, 0.15) is 12.5 Å². The van der Waals surface area contributed by atoms with Crippen molar-refractivity contribution in [3.63, 3.8) is 0 Å². The monoisotopic (exact) mass is 501 g/mol. The van der Waals surface area contributed by atoms with Crippen LogP contribution in [0.15, 0.2) is 78.9 Å². The third-order valence-corrected chi connectivity index (χ3v) is 6.01. The first-order valence-corrected chi connectivity index (χ1v) is 12.0. The van der Waals surface area contributed by atoms with E-state index in [0.29, 0.717) is 24.5 Å². The molecule has 0 aliphatic rings. The first-order valence-electron chi connectivity index (χ1n) is 12.0. The maximum absolute atomic E-state index is 12.0. The lowest BCUT2D eigenvalue weighted by molar-refractivity contribution is -0.137. The molecule has 37 heavy (non-hydrogen) atoms. The largest absolute Gasteiger partial charge is 0.497 e. The van der Waals surface area contributed by atoms with E-state index in [1.807, 2.05) is 60.7 Å². The average Bonchev–Trinajstić information content (AvgIpc) is 2.94. The quantitative estimate of drug-likeness (QED) is 0.115. The molecule has 192 valence electrons. The fraction of sp³-hybridized carbons (Fsp3) is 0.233. The Labute approximate surface area is 216 Å². The Morgan fingerprint density at radius 3 is 2.27 bits per heavy atom. The number of rotatable bonds is 11. The number of benzene rings is 4. The fourth-order valence-electron chi connectivity index (χ4n) is 4.22. The van der Waals surface area contributed by atoms with Gasteiger partial charge in [-0.25, -0.2) is 4.79 Å². The molecule has 0 spiro atoms. The molecule has 0 aliphatic carbocycles. The van der Waals surface area contributed by atoms with E-state index in [1.54, 1.807) is 34.3 Å². The smallest absolute Gasteiger partial charge is 0.330 e. The van der Waals surface area contributed by atoms with Crippen molar-refractivity contribution in [3.05, 3.63) is 84.4 Å². The molecule has 0 heterocycles. The second-order valence-corrected chi connectivity index (χ2v) is 8.32. The zero-order chi connectivity index (χ0) is 26.2. The third-order valence-electron chi connectivity index (χ3n) is 6.01. The summed E-state index contributed by atoms with van der Waals surface area (Å²) in [5, 5.41) is 4.05. The van der Waals surface area contributed by atoms with E-state index in [0.717, 1.165) is 38.5 Å². The minimum absolute atomic E-state index is 0.303. The molecule has 0 aliphatic heterocycles. The number of carbonyl (C=O) groups excluding carboxylic acids is 1. The lowest BCUT2D eigenvalue weighted by Gasteiger charge is -2.19. The van der Waals surface area contributed by atoms with Crippen LogP contribution in [0.2, 0.25) is 0 Å². The normalized spacial score (nSPS) is 12.0. The zero-order valence-electron chi connectivity index (χ0n) is 21.4. The molecule has 0 fully saturated rings. The summed E-state index contributed by atoms with van der Waals surface area (Å²) in [7, 11) is 4.89. The van der Waals surface area contributed by atoms with E-state index in [4.69, 9.17) is 23.8 Å². The summed E-state index contributed by atoms with van der Waals surface area (Å²) in [6.45, 7) is 2.08. The van der Waals surface area contributed by atoms with Crippen molar-refractivity contribution in [2.24, 2.45) is 0 Å². The molecule has 1 N–H and O–H groups in total. The fourth-order valence-corrected chi connectivity index (χ4v) is 4.22. The Balaban J connectivity index is 1.79. The Bertz CT molecular complexity index is 1400. The Morgan fingerprint density at radius 1 is 0.865 bits per heavy atom. The molecule has 7 nitrogen and oxygen atoms in total. The number of methoxy groups -OCH3 is 3. The van der Waals surface area contributed by atoms with Crippen LogP contribution >= 0.6 is 0 Å². The van der Waals surface area contributed by atoms with Gasteiger partial charge in [0.1, 0.15) is 11.9 Å². The second kappa shape index (κ2) is 12.1. The van der Waals surface area contributed by atoms with Gasteiger partial charge in [-0.15, -0.1) is 0 Å². The van der Waals surface area contributed by atoms with Crippen LogP contribution in [0.25, 0.3) is 21.5 Å². The third kappa shape index (κ3) is 6.13. The lowest BCUT2D eigenvalue weighted by Crippen LogP contribution is -2.18. The Hall–Kier alpha value is -4.23. The van der Waals surface area contributed by atoms with Crippen LogP contribution in [0, 0.1) is 0 Å². The van der Waals surface area contributed by atoms with Crippen molar-refractivity contribution >= 4 is 33.2 Å². The molecule has 4 rings (SSSR count). The number of anilines is 1. The highest BCUT2D eigenvalue weighted by molar-refractivity contribution is 6.10. The molecule has 0 bridgehead atoms. The maximum atomic E-state index is 12.0. The molecular weight excluding hydrogens is 470 g/mol. The lowest BCUT2D eigenvalue weighted by atomic mass is 9.93. The van der Waals surface area contributed by atoms with Gasteiger partial charge in [0, 0.05) is 12.5 Å². The Morgan fingerprint density at radius 2 is 1.59 bits per heavy atom. The van der Waals surface area contributed by atoms with Crippen LogP contribution in [0.3, 0.4) is 0 Å². The molecule has 0 radical (unpaired) electrons. The van der Waals surface area contributed by atoms with Gasteiger partial charge < -0.3 is 18.9 Å². The SMILES string of the molecule is CCOC(=O)/C=C/[C@@H](Cc1cc2ccc(OC)cc2c2cc(OC)c(OC)cc12)ONc1ccccc1. The Kier molecular flexibility index (Phi) is 8.48. The second-order valence-electron chi connectivity index (χ2n) is 8.32. The highest BCUT2D eigenvalue weighted by atomic mass is 16.7. The summed E-state index contributed by atoms with van der Waals surface area (Å²) in [4.78, 5) is 18.1. The number of ether oxygens (including phenoxy) is 4. The molecule has 0 amide bonds. The molecule has 4 aromatic carbocycles. The van der Waals surface area contributed by atoms with Gasteiger partial charge in [0.15, 0.2) is 11.5 Å². The van der Waals surface area contributed by atoms with E-state index in [9.17, 15) is 4.79 Å². The number of fused-ring (bicyclic) bond motifs is 3. The van der Waals surface area contributed by atoms with E-state index in [1.165, 1.54) is 6.08 Å². The van der Waals surface area contributed by atoms with Crippen LogP contribution in [0.4, 0.5) is 5.69 Å². The summed E-state index contributed by atoms with van der Waals surface area (Å²) in [5.74, 6) is 1.61. The van der Waals surface area contributed by atoms with Crippen molar-refractivity contribution in [2.45, 2.75) is 19.4 Å². The number of hydrogen-bond donors (Lipinski definition) is 1. The standard InChI is InChI=1S/C30H31NO6/c1-5-36-30(32)14-13-24(37-31-22-9-7-6-8-10-22)16-21-15-20-11-12-23(33-2)17-25(20)27-19-29(35-4)28(34-3)18-26(21)27/h6-15,17-19,24,31H,5,16H2,1-4H3/b14-13+/t24-/m0/s1. The van der Waals surface area contributed by atoms with Crippen molar-refractivity contribution in [2.75, 3.05) is 33.4 Å². The summed E-state index contributed by atoms with van der Waals surface area (Å²) >= 11 is 0. The molecule has 0 saturated carbocycles. The molecule has 7 heteroatoms. The highest BCUT2D eigenvalue weighted by Crippen LogP contribution is 2.39. The van der Waals surface area contributed by atoms with Gasteiger partial charge in [-0.05, 0) is 76.5 Å². The van der Waals surface area contributed by atoms with Gasteiger partial charge in [-0.3, -0.25) is 10.3 Å². The van der Waals surface area contributed by atoms with Gasteiger partial charge in [-0.1, -0.05) is 30.3 Å². The van der Waals surface area contributed by atoms with Gasteiger partial charge in [0.05, 0.1) is 33.6 Å². The van der Waals surface area contributed by atoms with Crippen LogP contribution in [-0.2, 0) is 20.8 Å². The molecular formula is C30H31NO6. The predicted octanol–water partition coefficient (Wildman–Crippen LogP) is 6.09. The van der Waals surface area contributed by atoms with Crippen LogP contribution in [-0.4, -0.2) is 40.0 Å². The van der Waals surface area contributed by atoms with E-state index >= 15 is 0 Å². The van der Waals surface area contributed by atoms with Gasteiger partial charge >= 0.3 is 5.97 Å². The first kappa shape index (κ1) is 25.9. The number of esters is 1. The van der Waals surface area contributed by atoms with E-state index in [-0.39, 0.29) is 0 Å². The van der Waals surface area contributed by atoms with Crippen molar-refractivity contribution < 1.29 is 28.6 Å². The minimum Gasteiger partial charge on any atom is -0.497 e. The van der Waals surface area contributed by atoms with Gasteiger partial charge in [0.2, 0.25) is 0 Å². The summed E-state index contributed by atoms with van der Waals surface area (Å²) in [6.07, 6.45) is 3.11. The minimum atomic E-state index is -0.475. The first-order chi connectivity index (χ1) is 18.1. The molecule has 4 aromatic rings. The number of para-hydroxylation sites is 1. The number of carbonyl (C=O) groups is 1. The molecule has 1 atom stereocenters. The molecule has 0 aromatic heterocycles. The summed E-state index contributed by atoms with van der Waals surface area (Å²) in [6, 6.07) is 21.6. The predicted molar refractivity (Wildman–Crippen MR) is 146 cm³/mol. The highest BCUT2D eigenvalue weighted by Gasteiger charge is 2.17. The van der Waals surface area contributed by atoms with Gasteiger partial charge in [-0.2, -0.15) is 0 Å².